The van der Waals surface area contributed by atoms with Crippen molar-refractivity contribution < 1.29 is 13.6 Å². The molecule has 0 bridgehead atoms. The molecule has 1 aliphatic rings. The highest BCUT2D eigenvalue weighted by atomic mass is 19.3. The summed E-state index contributed by atoms with van der Waals surface area (Å²) < 4.78 is 27.7. The Morgan fingerprint density at radius 2 is 2.10 bits per heavy atom. The van der Waals surface area contributed by atoms with Crippen LogP contribution in [0.15, 0.2) is 42.9 Å². The Labute approximate surface area is 172 Å². The third-order valence-corrected chi connectivity index (χ3v) is 5.27. The number of anilines is 2. The SMILES string of the molecule is Cc1cc(Nc2cc(C(F)F)ccn2)nc(-c2cnn(C(C)C3CNC(=O)C3)c2)c1. The number of aryl methyl sites for hydroxylation is 1. The second kappa shape index (κ2) is 8.17. The van der Waals surface area contributed by atoms with Crippen LogP contribution in [0.3, 0.4) is 0 Å². The van der Waals surface area contributed by atoms with Gasteiger partial charge in [0.2, 0.25) is 5.91 Å². The summed E-state index contributed by atoms with van der Waals surface area (Å²) >= 11 is 0. The summed E-state index contributed by atoms with van der Waals surface area (Å²) in [7, 11) is 0. The Hall–Kier alpha value is -3.36. The third-order valence-electron chi connectivity index (χ3n) is 5.27. The highest BCUT2D eigenvalue weighted by Crippen LogP contribution is 2.28. The van der Waals surface area contributed by atoms with Gasteiger partial charge in [-0.05, 0) is 43.7 Å². The maximum absolute atomic E-state index is 12.9. The molecule has 9 heteroatoms. The molecular formula is C21H22F2N6O. The molecule has 3 aromatic heterocycles. The molecule has 0 saturated carbocycles. The lowest BCUT2D eigenvalue weighted by molar-refractivity contribution is -0.119. The highest BCUT2D eigenvalue weighted by Gasteiger charge is 2.28. The predicted molar refractivity (Wildman–Crippen MR) is 108 cm³/mol. The van der Waals surface area contributed by atoms with E-state index >= 15 is 0 Å². The van der Waals surface area contributed by atoms with Gasteiger partial charge < -0.3 is 10.6 Å². The third kappa shape index (κ3) is 4.29. The summed E-state index contributed by atoms with van der Waals surface area (Å²) in [4.78, 5) is 20.2. The van der Waals surface area contributed by atoms with Crippen LogP contribution in [0.5, 0.6) is 0 Å². The van der Waals surface area contributed by atoms with Gasteiger partial charge in [-0.1, -0.05) is 0 Å². The zero-order chi connectivity index (χ0) is 21.3. The Balaban J connectivity index is 1.56. The Morgan fingerprint density at radius 3 is 2.83 bits per heavy atom. The van der Waals surface area contributed by atoms with Crippen molar-refractivity contribution in [1.82, 2.24) is 25.1 Å². The lowest BCUT2D eigenvalue weighted by atomic mass is 10.0. The van der Waals surface area contributed by atoms with Crippen molar-refractivity contribution in [3.63, 3.8) is 0 Å². The largest absolute Gasteiger partial charge is 0.356 e. The van der Waals surface area contributed by atoms with Crippen LogP contribution < -0.4 is 10.6 Å². The molecule has 0 radical (unpaired) electrons. The first-order chi connectivity index (χ1) is 14.4. The Bertz CT molecular complexity index is 1070. The van der Waals surface area contributed by atoms with Crippen molar-refractivity contribution in [2.24, 2.45) is 5.92 Å². The lowest BCUT2D eigenvalue weighted by Gasteiger charge is -2.17. The fraction of sp³-hybridized carbons (Fsp3) is 0.333. The molecule has 3 aromatic rings. The Morgan fingerprint density at radius 1 is 1.27 bits per heavy atom. The lowest BCUT2D eigenvalue weighted by Crippen LogP contribution is -2.19. The van der Waals surface area contributed by atoms with Crippen molar-refractivity contribution >= 4 is 17.5 Å². The predicted octanol–water partition coefficient (Wildman–Crippen LogP) is 4.03. The summed E-state index contributed by atoms with van der Waals surface area (Å²) in [6, 6.07) is 6.42. The molecule has 30 heavy (non-hydrogen) atoms. The van der Waals surface area contributed by atoms with Crippen molar-refractivity contribution in [2.75, 3.05) is 11.9 Å². The van der Waals surface area contributed by atoms with Crippen molar-refractivity contribution in [3.8, 4) is 11.3 Å². The van der Waals surface area contributed by atoms with Gasteiger partial charge >= 0.3 is 0 Å². The average molecular weight is 412 g/mol. The minimum absolute atomic E-state index is 0.0693. The molecule has 4 heterocycles. The smallest absolute Gasteiger partial charge is 0.264 e. The number of aromatic nitrogens is 4. The van der Waals surface area contributed by atoms with Gasteiger partial charge in [-0.25, -0.2) is 18.7 Å². The van der Waals surface area contributed by atoms with Gasteiger partial charge in [0.05, 0.1) is 17.9 Å². The zero-order valence-corrected chi connectivity index (χ0v) is 16.6. The van der Waals surface area contributed by atoms with E-state index in [2.05, 4.69) is 25.7 Å². The molecule has 2 N–H and O–H groups in total. The van der Waals surface area contributed by atoms with Gasteiger partial charge in [0, 0.05) is 42.4 Å². The topological polar surface area (TPSA) is 84.7 Å². The molecular weight excluding hydrogens is 390 g/mol. The zero-order valence-electron chi connectivity index (χ0n) is 16.6. The van der Waals surface area contributed by atoms with E-state index in [9.17, 15) is 13.6 Å². The molecule has 156 valence electrons. The van der Waals surface area contributed by atoms with E-state index in [-0.39, 0.29) is 23.4 Å². The average Bonchev–Trinajstić information content (AvgIpc) is 3.36. The molecule has 1 fully saturated rings. The van der Waals surface area contributed by atoms with Crippen molar-refractivity contribution in [3.05, 3.63) is 54.0 Å². The number of hydrogen-bond acceptors (Lipinski definition) is 5. The number of pyridine rings is 2. The van der Waals surface area contributed by atoms with Crippen LogP contribution in [0.1, 0.15) is 36.9 Å². The van der Waals surface area contributed by atoms with E-state index in [1.54, 1.807) is 6.20 Å². The minimum Gasteiger partial charge on any atom is -0.356 e. The Kier molecular flexibility index (Phi) is 5.43. The van der Waals surface area contributed by atoms with Crippen LogP contribution in [0.2, 0.25) is 0 Å². The van der Waals surface area contributed by atoms with Crippen LogP contribution in [-0.2, 0) is 4.79 Å². The molecule has 1 saturated heterocycles. The molecule has 1 aliphatic heterocycles. The number of nitrogens with zero attached hydrogens (tertiary/aromatic N) is 4. The fourth-order valence-corrected chi connectivity index (χ4v) is 3.54. The fourth-order valence-electron chi connectivity index (χ4n) is 3.54. The first kappa shape index (κ1) is 19.9. The van der Waals surface area contributed by atoms with E-state index < -0.39 is 6.43 Å². The number of carbonyl (C=O) groups is 1. The van der Waals surface area contributed by atoms with E-state index in [0.717, 1.165) is 11.1 Å². The molecule has 2 atom stereocenters. The number of amides is 1. The number of nitrogens with one attached hydrogen (secondary N) is 2. The summed E-state index contributed by atoms with van der Waals surface area (Å²) in [6.07, 6.45) is 2.93. The monoisotopic (exact) mass is 412 g/mol. The molecule has 4 rings (SSSR count). The van der Waals surface area contributed by atoms with Gasteiger partial charge in [0.1, 0.15) is 11.6 Å². The molecule has 2 unspecified atom stereocenters. The van der Waals surface area contributed by atoms with E-state index in [4.69, 9.17) is 0 Å². The molecule has 1 amide bonds. The van der Waals surface area contributed by atoms with Crippen molar-refractivity contribution in [2.45, 2.75) is 32.7 Å². The first-order valence-electron chi connectivity index (χ1n) is 9.70. The summed E-state index contributed by atoms with van der Waals surface area (Å²) in [5.41, 5.74) is 2.40. The standard InChI is InChI=1S/C21H22F2N6O/c1-12-5-17(16-10-26-29(11-16)13(2)15-8-20(30)25-9-15)27-19(6-12)28-18-7-14(21(22)23)3-4-24-18/h3-7,10-11,13,15,21H,8-9H2,1-2H3,(H,25,30)(H,24,27,28). The minimum atomic E-state index is -2.56. The van der Waals surface area contributed by atoms with Crippen LogP contribution in [0, 0.1) is 12.8 Å². The van der Waals surface area contributed by atoms with E-state index in [1.165, 1.54) is 18.3 Å². The maximum Gasteiger partial charge on any atom is 0.264 e. The van der Waals surface area contributed by atoms with Crippen LogP contribution in [0.25, 0.3) is 11.3 Å². The second-order valence-corrected chi connectivity index (χ2v) is 7.53. The number of halogens is 2. The maximum atomic E-state index is 12.9. The first-order valence-corrected chi connectivity index (χ1v) is 9.70. The second-order valence-electron chi connectivity index (χ2n) is 7.53. The molecule has 0 spiro atoms. The highest BCUT2D eigenvalue weighted by molar-refractivity contribution is 5.78. The van der Waals surface area contributed by atoms with Crippen molar-refractivity contribution in [1.29, 1.82) is 0 Å². The van der Waals surface area contributed by atoms with Gasteiger partial charge in [-0.3, -0.25) is 9.48 Å². The van der Waals surface area contributed by atoms with Gasteiger partial charge in [0.15, 0.2) is 0 Å². The van der Waals surface area contributed by atoms with Gasteiger partial charge in [0.25, 0.3) is 6.43 Å². The molecule has 0 aliphatic carbocycles. The van der Waals surface area contributed by atoms with Crippen LogP contribution in [0.4, 0.5) is 20.4 Å². The normalized spacial score (nSPS) is 17.2. The summed E-state index contributed by atoms with van der Waals surface area (Å²) in [6.45, 7) is 4.62. The van der Waals surface area contributed by atoms with Crippen LogP contribution in [-0.4, -0.2) is 32.2 Å². The van der Waals surface area contributed by atoms with Gasteiger partial charge in [-0.2, -0.15) is 5.10 Å². The number of alkyl halides is 2. The number of hydrogen-bond donors (Lipinski definition) is 2. The summed E-state index contributed by atoms with van der Waals surface area (Å²) in [5.74, 6) is 1.08. The number of rotatable bonds is 6. The molecule has 0 aromatic carbocycles. The molecule has 7 nitrogen and oxygen atoms in total. The number of carbonyl (C=O) groups excluding carboxylic acids is 1. The van der Waals surface area contributed by atoms with E-state index in [0.29, 0.717) is 30.3 Å². The van der Waals surface area contributed by atoms with Gasteiger partial charge in [-0.15, -0.1) is 0 Å². The summed E-state index contributed by atoms with van der Waals surface area (Å²) in [5, 5.41) is 10.3. The van der Waals surface area contributed by atoms with Crippen LogP contribution >= 0.6 is 0 Å². The quantitative estimate of drug-likeness (QED) is 0.639. The van der Waals surface area contributed by atoms with E-state index in [1.807, 2.05) is 36.9 Å².